The molecular weight excluding hydrogens is 374 g/mol. The molecule has 0 aromatic rings. The molecule has 0 atom stereocenters. The van der Waals surface area contributed by atoms with Gasteiger partial charge in [0.05, 0.1) is 0 Å². The van der Waals surface area contributed by atoms with E-state index in [0.717, 1.165) is 0 Å². The third kappa shape index (κ3) is 25.7. The Bertz CT molecular complexity index is 335. The molecule has 0 fully saturated rings. The van der Waals surface area contributed by atoms with Gasteiger partial charge in [0.2, 0.25) is 0 Å². The summed E-state index contributed by atoms with van der Waals surface area (Å²) in [5.74, 6) is 0. The summed E-state index contributed by atoms with van der Waals surface area (Å²) in [5, 5.41) is 0. The summed E-state index contributed by atoms with van der Waals surface area (Å²) >= 11 is 0. The highest BCUT2D eigenvalue weighted by atomic mass is 15.1. The maximum absolute atomic E-state index is 2.59. The molecule has 0 amide bonds. The Kier molecular flexibility index (Phi) is 27.2. The van der Waals surface area contributed by atoms with Gasteiger partial charge in [-0.05, 0) is 31.9 Å². The summed E-state index contributed by atoms with van der Waals surface area (Å²) in [4.78, 5) is 2.59. The lowest BCUT2D eigenvalue weighted by molar-refractivity contribution is 0.353. The molecular formula is C30H61N. The fraction of sp³-hybridized carbons (Fsp3) is 0.933. The van der Waals surface area contributed by atoms with Crippen LogP contribution in [0.15, 0.2) is 12.3 Å². The number of hydrogen-bond donors (Lipinski definition) is 0. The highest BCUT2D eigenvalue weighted by Gasteiger charge is 1.99. The fourth-order valence-corrected chi connectivity index (χ4v) is 4.40. The first kappa shape index (κ1) is 30.5. The van der Waals surface area contributed by atoms with Gasteiger partial charge in [-0.15, -0.1) is 0 Å². The SMILES string of the molecule is CCCCCCC=CN(CCCC)CCCCCCCCCCCCCCCCCC. The predicted octanol–water partition coefficient (Wildman–Crippen LogP) is 10.8. The van der Waals surface area contributed by atoms with Crippen molar-refractivity contribution in [3.8, 4) is 0 Å². The molecule has 0 aliphatic heterocycles. The highest BCUT2D eigenvalue weighted by molar-refractivity contribution is 4.82. The van der Waals surface area contributed by atoms with Crippen LogP contribution < -0.4 is 0 Å². The van der Waals surface area contributed by atoms with Crippen molar-refractivity contribution in [2.45, 2.75) is 168 Å². The zero-order valence-corrected chi connectivity index (χ0v) is 22.3. The lowest BCUT2D eigenvalue weighted by Gasteiger charge is -2.20. The van der Waals surface area contributed by atoms with Gasteiger partial charge in [0.25, 0.3) is 0 Å². The molecule has 0 saturated heterocycles. The lowest BCUT2D eigenvalue weighted by atomic mass is 10.0. The van der Waals surface area contributed by atoms with E-state index in [1.807, 2.05) is 0 Å². The molecule has 186 valence electrons. The maximum Gasteiger partial charge on any atom is 0.0172 e. The molecule has 0 aromatic heterocycles. The van der Waals surface area contributed by atoms with Crippen LogP contribution in [0.25, 0.3) is 0 Å². The van der Waals surface area contributed by atoms with Crippen molar-refractivity contribution in [1.29, 1.82) is 0 Å². The van der Waals surface area contributed by atoms with E-state index in [-0.39, 0.29) is 0 Å². The van der Waals surface area contributed by atoms with Crippen LogP contribution in [0.3, 0.4) is 0 Å². The molecule has 0 spiro atoms. The van der Waals surface area contributed by atoms with Crippen LogP contribution in [-0.2, 0) is 0 Å². The molecule has 0 heterocycles. The van der Waals surface area contributed by atoms with E-state index in [1.54, 1.807) is 0 Å². The summed E-state index contributed by atoms with van der Waals surface area (Å²) in [5.41, 5.74) is 0. The number of rotatable bonds is 26. The summed E-state index contributed by atoms with van der Waals surface area (Å²) in [6.45, 7) is 9.42. The molecule has 1 nitrogen and oxygen atoms in total. The van der Waals surface area contributed by atoms with E-state index < -0.39 is 0 Å². The van der Waals surface area contributed by atoms with Gasteiger partial charge in [-0.25, -0.2) is 0 Å². The molecule has 1 heteroatoms. The Balaban J connectivity index is 3.46. The predicted molar refractivity (Wildman–Crippen MR) is 144 cm³/mol. The van der Waals surface area contributed by atoms with E-state index in [4.69, 9.17) is 0 Å². The second kappa shape index (κ2) is 27.6. The fourth-order valence-electron chi connectivity index (χ4n) is 4.40. The Morgan fingerprint density at radius 3 is 1.19 bits per heavy atom. The minimum absolute atomic E-state index is 1.25. The van der Waals surface area contributed by atoms with E-state index in [2.05, 4.69) is 37.9 Å². The summed E-state index contributed by atoms with van der Waals surface area (Å²) in [6.07, 6.45) is 37.5. The molecule has 0 bridgehead atoms. The first-order chi connectivity index (χ1) is 15.3. The number of unbranched alkanes of at least 4 members (excludes halogenated alkanes) is 20. The van der Waals surface area contributed by atoms with Crippen LogP contribution in [0.1, 0.15) is 168 Å². The minimum Gasteiger partial charge on any atom is -0.378 e. The van der Waals surface area contributed by atoms with Crippen LogP contribution >= 0.6 is 0 Å². The summed E-state index contributed by atoms with van der Waals surface area (Å²) in [6, 6.07) is 0. The second-order valence-electron chi connectivity index (χ2n) is 9.93. The van der Waals surface area contributed by atoms with Gasteiger partial charge in [-0.1, -0.05) is 149 Å². The van der Waals surface area contributed by atoms with Gasteiger partial charge in [0.1, 0.15) is 0 Å². The maximum atomic E-state index is 2.59. The molecule has 0 radical (unpaired) electrons. The van der Waals surface area contributed by atoms with Crippen LogP contribution in [0.5, 0.6) is 0 Å². The standard InChI is InChI=1S/C30H61N/c1-4-7-10-12-14-15-16-17-18-19-20-21-22-23-25-27-30-31(28-9-6-3)29-26-24-13-11-8-5-2/h26,29H,4-25,27-28,30H2,1-3H3. The molecule has 0 rings (SSSR count). The van der Waals surface area contributed by atoms with Crippen molar-refractivity contribution in [2.75, 3.05) is 13.1 Å². The van der Waals surface area contributed by atoms with Gasteiger partial charge < -0.3 is 4.90 Å². The molecule has 0 saturated carbocycles. The third-order valence-corrected chi connectivity index (χ3v) is 6.64. The smallest absolute Gasteiger partial charge is 0.0172 e. The van der Waals surface area contributed by atoms with Crippen molar-refractivity contribution in [2.24, 2.45) is 0 Å². The second-order valence-corrected chi connectivity index (χ2v) is 9.93. The van der Waals surface area contributed by atoms with Crippen molar-refractivity contribution in [1.82, 2.24) is 4.90 Å². The van der Waals surface area contributed by atoms with Crippen LogP contribution in [0, 0.1) is 0 Å². The monoisotopic (exact) mass is 435 g/mol. The lowest BCUT2D eigenvalue weighted by Crippen LogP contribution is -2.19. The summed E-state index contributed by atoms with van der Waals surface area (Å²) in [7, 11) is 0. The summed E-state index contributed by atoms with van der Waals surface area (Å²) < 4.78 is 0. The largest absolute Gasteiger partial charge is 0.378 e. The Hall–Kier alpha value is -0.460. The Morgan fingerprint density at radius 2 is 0.742 bits per heavy atom. The van der Waals surface area contributed by atoms with Crippen molar-refractivity contribution >= 4 is 0 Å². The molecule has 0 aliphatic rings. The minimum atomic E-state index is 1.25. The molecule has 31 heavy (non-hydrogen) atoms. The van der Waals surface area contributed by atoms with Crippen molar-refractivity contribution in [3.05, 3.63) is 12.3 Å². The van der Waals surface area contributed by atoms with Gasteiger partial charge in [-0.2, -0.15) is 0 Å². The van der Waals surface area contributed by atoms with Crippen molar-refractivity contribution < 1.29 is 0 Å². The van der Waals surface area contributed by atoms with Crippen molar-refractivity contribution in [3.63, 3.8) is 0 Å². The molecule has 0 aromatic carbocycles. The van der Waals surface area contributed by atoms with E-state index in [1.165, 1.54) is 161 Å². The average Bonchev–Trinajstić information content (AvgIpc) is 2.78. The average molecular weight is 436 g/mol. The van der Waals surface area contributed by atoms with E-state index in [0.29, 0.717) is 0 Å². The highest BCUT2D eigenvalue weighted by Crippen LogP contribution is 2.14. The Morgan fingerprint density at radius 1 is 0.387 bits per heavy atom. The van der Waals surface area contributed by atoms with Crippen LogP contribution in [0.2, 0.25) is 0 Å². The number of nitrogens with zero attached hydrogens (tertiary/aromatic N) is 1. The normalized spacial score (nSPS) is 11.6. The molecule has 0 unspecified atom stereocenters. The van der Waals surface area contributed by atoms with E-state index in [9.17, 15) is 0 Å². The van der Waals surface area contributed by atoms with Gasteiger partial charge in [0, 0.05) is 13.1 Å². The topological polar surface area (TPSA) is 3.24 Å². The quantitative estimate of drug-likeness (QED) is 0.122. The van der Waals surface area contributed by atoms with Gasteiger partial charge in [-0.3, -0.25) is 0 Å². The number of hydrogen-bond acceptors (Lipinski definition) is 1. The van der Waals surface area contributed by atoms with Gasteiger partial charge in [0.15, 0.2) is 0 Å². The van der Waals surface area contributed by atoms with Crippen LogP contribution in [0.4, 0.5) is 0 Å². The Labute approximate surface area is 198 Å². The zero-order valence-electron chi connectivity index (χ0n) is 22.3. The van der Waals surface area contributed by atoms with Crippen LogP contribution in [-0.4, -0.2) is 18.0 Å². The first-order valence-electron chi connectivity index (χ1n) is 14.8. The third-order valence-electron chi connectivity index (χ3n) is 6.64. The van der Waals surface area contributed by atoms with Gasteiger partial charge >= 0.3 is 0 Å². The first-order valence-corrected chi connectivity index (χ1v) is 14.8. The molecule has 0 aliphatic carbocycles. The zero-order chi connectivity index (χ0) is 22.7. The molecule has 0 N–H and O–H groups in total. The van der Waals surface area contributed by atoms with E-state index >= 15 is 0 Å². The number of allylic oxidation sites excluding steroid dienone is 1.